The average Bonchev–Trinajstić information content (AvgIpc) is 3.16. The summed E-state index contributed by atoms with van der Waals surface area (Å²) in [6.45, 7) is 4.03. The van der Waals surface area contributed by atoms with Crippen LogP contribution in [0.4, 0.5) is 5.69 Å². The van der Waals surface area contributed by atoms with Crippen LogP contribution in [-0.4, -0.2) is 21.6 Å². The molecule has 0 radical (unpaired) electrons. The summed E-state index contributed by atoms with van der Waals surface area (Å²) in [4.78, 5) is 22.6. The molecule has 0 aliphatic rings. The van der Waals surface area contributed by atoms with Gasteiger partial charge in [-0.15, -0.1) is 0 Å². The molecule has 35 heavy (non-hydrogen) atoms. The molecule has 7 heteroatoms. The van der Waals surface area contributed by atoms with Crippen LogP contribution < -0.4 is 5.43 Å². The maximum absolute atomic E-state index is 12.1. The number of carbonyl (C=O) groups is 1. The molecular weight excluding hydrogens is 440 g/mol. The lowest BCUT2D eigenvalue weighted by Crippen LogP contribution is -2.17. The third-order valence-electron chi connectivity index (χ3n) is 5.88. The van der Waals surface area contributed by atoms with Crippen molar-refractivity contribution < 1.29 is 9.72 Å². The molecule has 1 amide bonds. The third kappa shape index (κ3) is 5.70. The van der Waals surface area contributed by atoms with Crippen LogP contribution in [0, 0.1) is 24.0 Å². The first-order valence-electron chi connectivity index (χ1n) is 11.3. The zero-order chi connectivity index (χ0) is 24.8. The first-order valence-corrected chi connectivity index (χ1v) is 11.3. The minimum absolute atomic E-state index is 0.0746. The van der Waals surface area contributed by atoms with Crippen molar-refractivity contribution in [2.24, 2.45) is 5.10 Å². The zero-order valence-electron chi connectivity index (χ0n) is 19.6. The lowest BCUT2D eigenvalue weighted by molar-refractivity contribution is -0.384. The van der Waals surface area contributed by atoms with E-state index in [2.05, 4.69) is 15.1 Å². The number of hydrogen-bond donors (Lipinski definition) is 1. The van der Waals surface area contributed by atoms with E-state index < -0.39 is 4.92 Å². The fraction of sp³-hybridized carbons (Fsp3) is 0.143. The summed E-state index contributed by atoms with van der Waals surface area (Å²) in [7, 11) is 0. The Hall–Kier alpha value is -4.52. The number of nitrogens with one attached hydrogen (secondary N) is 1. The SMILES string of the molecule is Cc1cc(/C=N\NC(=O)CCc2ccccc2)c(C)n1-c1ccc(-c2ccc([N+](=O)[O-])cc2)cc1. The van der Waals surface area contributed by atoms with E-state index in [0.717, 1.165) is 39.3 Å². The highest BCUT2D eigenvalue weighted by Crippen LogP contribution is 2.25. The van der Waals surface area contributed by atoms with Gasteiger partial charge in [-0.1, -0.05) is 42.5 Å². The number of non-ortho nitro benzene ring substituents is 1. The van der Waals surface area contributed by atoms with Crippen LogP contribution in [0.15, 0.2) is 90.0 Å². The van der Waals surface area contributed by atoms with Gasteiger partial charge < -0.3 is 4.57 Å². The molecule has 0 saturated heterocycles. The number of aryl methyl sites for hydroxylation is 2. The van der Waals surface area contributed by atoms with Gasteiger partial charge in [0, 0.05) is 41.2 Å². The summed E-state index contributed by atoms with van der Waals surface area (Å²) >= 11 is 0. The largest absolute Gasteiger partial charge is 0.318 e. The van der Waals surface area contributed by atoms with Gasteiger partial charge in [-0.05, 0) is 67.3 Å². The van der Waals surface area contributed by atoms with Gasteiger partial charge in [-0.25, -0.2) is 5.43 Å². The lowest BCUT2D eigenvalue weighted by atomic mass is 10.0. The van der Waals surface area contributed by atoms with Crippen molar-refractivity contribution in [1.82, 2.24) is 9.99 Å². The van der Waals surface area contributed by atoms with E-state index in [4.69, 9.17) is 0 Å². The lowest BCUT2D eigenvalue weighted by Gasteiger charge is -2.11. The van der Waals surface area contributed by atoms with Gasteiger partial charge in [-0.3, -0.25) is 14.9 Å². The van der Waals surface area contributed by atoms with Crippen LogP contribution in [0.25, 0.3) is 16.8 Å². The monoisotopic (exact) mass is 466 g/mol. The quantitative estimate of drug-likeness (QED) is 0.204. The van der Waals surface area contributed by atoms with Crippen LogP contribution in [0.2, 0.25) is 0 Å². The summed E-state index contributed by atoms with van der Waals surface area (Å²) in [5.41, 5.74) is 9.67. The molecule has 0 unspecified atom stereocenters. The molecule has 0 saturated carbocycles. The molecule has 0 aliphatic heterocycles. The maximum atomic E-state index is 12.1. The molecule has 0 fully saturated rings. The van der Waals surface area contributed by atoms with Gasteiger partial charge in [0.05, 0.1) is 11.1 Å². The molecule has 0 aliphatic carbocycles. The molecule has 0 atom stereocenters. The van der Waals surface area contributed by atoms with E-state index in [-0.39, 0.29) is 11.6 Å². The van der Waals surface area contributed by atoms with Crippen LogP contribution in [-0.2, 0) is 11.2 Å². The Morgan fingerprint density at radius 1 is 0.971 bits per heavy atom. The number of carbonyl (C=O) groups excluding carboxylic acids is 1. The fourth-order valence-corrected chi connectivity index (χ4v) is 4.03. The van der Waals surface area contributed by atoms with E-state index in [1.165, 1.54) is 12.1 Å². The van der Waals surface area contributed by atoms with Crippen molar-refractivity contribution in [1.29, 1.82) is 0 Å². The van der Waals surface area contributed by atoms with Gasteiger partial charge in [-0.2, -0.15) is 5.10 Å². The number of aromatic nitrogens is 1. The number of nitro groups is 1. The number of benzene rings is 3. The second kappa shape index (κ2) is 10.6. The van der Waals surface area contributed by atoms with E-state index >= 15 is 0 Å². The summed E-state index contributed by atoms with van der Waals surface area (Å²) in [6, 6.07) is 26.5. The second-order valence-corrected chi connectivity index (χ2v) is 8.29. The predicted octanol–water partition coefficient (Wildman–Crippen LogP) is 5.75. The molecule has 1 heterocycles. The van der Waals surface area contributed by atoms with Gasteiger partial charge in [0.15, 0.2) is 0 Å². The van der Waals surface area contributed by atoms with Gasteiger partial charge >= 0.3 is 0 Å². The molecular formula is C28H26N4O3. The van der Waals surface area contributed by atoms with Crippen LogP contribution >= 0.6 is 0 Å². The number of amides is 1. The standard InChI is InChI=1S/C28H26N4O3/c1-20-18-25(19-29-30-28(33)17-8-22-6-4-3-5-7-22)21(2)31(20)26-13-9-23(10-14-26)24-11-15-27(16-12-24)32(34)35/h3-7,9-16,18-19H,8,17H2,1-2H3,(H,30,33)/b29-19-. The first-order chi connectivity index (χ1) is 16.9. The minimum atomic E-state index is -0.401. The molecule has 7 nitrogen and oxygen atoms in total. The average molecular weight is 467 g/mol. The highest BCUT2D eigenvalue weighted by molar-refractivity contribution is 5.84. The predicted molar refractivity (Wildman–Crippen MR) is 138 cm³/mol. The summed E-state index contributed by atoms with van der Waals surface area (Å²) in [5, 5.41) is 15.0. The number of rotatable bonds is 8. The molecule has 3 aromatic carbocycles. The number of hydrogen-bond acceptors (Lipinski definition) is 4. The van der Waals surface area contributed by atoms with Crippen molar-refractivity contribution >= 4 is 17.8 Å². The van der Waals surface area contributed by atoms with Crippen molar-refractivity contribution in [2.45, 2.75) is 26.7 Å². The van der Waals surface area contributed by atoms with Crippen LogP contribution in [0.3, 0.4) is 0 Å². The fourth-order valence-electron chi connectivity index (χ4n) is 4.03. The Bertz CT molecular complexity index is 1360. The second-order valence-electron chi connectivity index (χ2n) is 8.29. The van der Waals surface area contributed by atoms with Gasteiger partial charge in [0.1, 0.15) is 0 Å². The number of hydrazone groups is 1. The Kier molecular flexibility index (Phi) is 7.16. The molecule has 0 bridgehead atoms. The van der Waals surface area contributed by atoms with Crippen molar-refractivity contribution in [3.8, 4) is 16.8 Å². The Balaban J connectivity index is 1.42. The Morgan fingerprint density at radius 2 is 1.60 bits per heavy atom. The summed E-state index contributed by atoms with van der Waals surface area (Å²) in [6.07, 6.45) is 2.72. The van der Waals surface area contributed by atoms with E-state index in [1.807, 2.05) is 74.5 Å². The third-order valence-corrected chi connectivity index (χ3v) is 5.88. The van der Waals surface area contributed by atoms with Gasteiger partial charge in [0.2, 0.25) is 5.91 Å². The summed E-state index contributed by atoms with van der Waals surface area (Å²) in [5.74, 6) is -0.124. The number of nitrogens with zero attached hydrogens (tertiary/aromatic N) is 3. The van der Waals surface area contributed by atoms with Crippen LogP contribution in [0.5, 0.6) is 0 Å². The molecule has 0 spiro atoms. The molecule has 4 aromatic rings. The Labute approximate surface area is 203 Å². The molecule has 176 valence electrons. The normalized spacial score (nSPS) is 11.0. The van der Waals surface area contributed by atoms with Crippen molar-refractivity contribution in [3.05, 3.63) is 118 Å². The van der Waals surface area contributed by atoms with E-state index in [1.54, 1.807) is 18.3 Å². The topological polar surface area (TPSA) is 89.5 Å². The number of nitro benzene ring substituents is 1. The van der Waals surface area contributed by atoms with Gasteiger partial charge in [0.25, 0.3) is 5.69 Å². The first kappa shape index (κ1) is 23.6. The molecule has 1 aromatic heterocycles. The van der Waals surface area contributed by atoms with Crippen LogP contribution in [0.1, 0.15) is 28.9 Å². The van der Waals surface area contributed by atoms with E-state index in [9.17, 15) is 14.9 Å². The summed E-state index contributed by atoms with van der Waals surface area (Å²) < 4.78 is 2.12. The smallest absolute Gasteiger partial charge is 0.269 e. The molecule has 1 N–H and O–H groups in total. The van der Waals surface area contributed by atoms with Crippen molar-refractivity contribution in [3.63, 3.8) is 0 Å². The highest BCUT2D eigenvalue weighted by Gasteiger charge is 2.11. The molecule has 4 rings (SSSR count). The van der Waals surface area contributed by atoms with Crippen molar-refractivity contribution in [2.75, 3.05) is 0 Å². The Morgan fingerprint density at radius 3 is 2.23 bits per heavy atom. The zero-order valence-corrected chi connectivity index (χ0v) is 19.6. The highest BCUT2D eigenvalue weighted by atomic mass is 16.6. The minimum Gasteiger partial charge on any atom is -0.318 e. The van der Waals surface area contributed by atoms with E-state index in [0.29, 0.717) is 12.8 Å². The maximum Gasteiger partial charge on any atom is 0.269 e.